The van der Waals surface area contributed by atoms with Gasteiger partial charge in [0.25, 0.3) is 5.91 Å². The van der Waals surface area contributed by atoms with Crippen LogP contribution < -0.4 is 10.6 Å². The number of anilines is 2. The maximum atomic E-state index is 13.8. The standard InChI is InChI=1S/C22H17FN2O4/c1-3-21(27)25-18-12-16(8-9-17(18)23)24-22(28)20-11-10-19(29-20)15-6-4-14(5-7-15)13(2)26/h3-12H,1H2,2H3,(H,24,28)(H,25,27). The molecule has 0 unspecified atom stereocenters. The van der Waals surface area contributed by atoms with Crippen LogP contribution in [-0.4, -0.2) is 17.6 Å². The monoisotopic (exact) mass is 392 g/mol. The Hall–Kier alpha value is -4.00. The van der Waals surface area contributed by atoms with Gasteiger partial charge in [-0.2, -0.15) is 0 Å². The van der Waals surface area contributed by atoms with Crippen molar-refractivity contribution in [1.82, 2.24) is 0 Å². The molecule has 0 atom stereocenters. The van der Waals surface area contributed by atoms with E-state index in [2.05, 4.69) is 17.2 Å². The second-order valence-corrected chi connectivity index (χ2v) is 6.14. The van der Waals surface area contributed by atoms with Gasteiger partial charge in [0.05, 0.1) is 5.69 Å². The zero-order valence-electron chi connectivity index (χ0n) is 15.5. The van der Waals surface area contributed by atoms with Crippen molar-refractivity contribution in [3.05, 3.63) is 84.4 Å². The van der Waals surface area contributed by atoms with Gasteiger partial charge in [0, 0.05) is 16.8 Å². The van der Waals surface area contributed by atoms with E-state index in [1.807, 2.05) is 0 Å². The zero-order valence-corrected chi connectivity index (χ0v) is 15.5. The molecule has 0 radical (unpaired) electrons. The second-order valence-electron chi connectivity index (χ2n) is 6.14. The number of amides is 2. The Labute approximate surface area is 166 Å². The van der Waals surface area contributed by atoms with Gasteiger partial charge in [-0.15, -0.1) is 0 Å². The van der Waals surface area contributed by atoms with E-state index in [9.17, 15) is 18.8 Å². The lowest BCUT2D eigenvalue weighted by Crippen LogP contribution is -2.13. The molecule has 0 aliphatic rings. The van der Waals surface area contributed by atoms with E-state index in [0.717, 1.165) is 12.1 Å². The van der Waals surface area contributed by atoms with Crippen molar-refractivity contribution in [2.75, 3.05) is 10.6 Å². The highest BCUT2D eigenvalue weighted by Gasteiger charge is 2.14. The lowest BCUT2D eigenvalue weighted by Gasteiger charge is -2.08. The van der Waals surface area contributed by atoms with E-state index in [0.29, 0.717) is 16.9 Å². The van der Waals surface area contributed by atoms with Crippen molar-refractivity contribution in [3.8, 4) is 11.3 Å². The summed E-state index contributed by atoms with van der Waals surface area (Å²) in [4.78, 5) is 35.2. The van der Waals surface area contributed by atoms with Crippen molar-refractivity contribution in [3.63, 3.8) is 0 Å². The van der Waals surface area contributed by atoms with Crippen LogP contribution >= 0.6 is 0 Å². The summed E-state index contributed by atoms with van der Waals surface area (Å²) in [5.74, 6) is -1.28. The van der Waals surface area contributed by atoms with E-state index in [1.165, 1.54) is 25.1 Å². The molecule has 1 heterocycles. The van der Waals surface area contributed by atoms with Gasteiger partial charge in [-0.3, -0.25) is 14.4 Å². The van der Waals surface area contributed by atoms with Gasteiger partial charge in [0.2, 0.25) is 5.91 Å². The molecule has 7 heteroatoms. The third-order valence-electron chi connectivity index (χ3n) is 4.07. The summed E-state index contributed by atoms with van der Waals surface area (Å²) in [5, 5.41) is 4.91. The molecule has 0 fully saturated rings. The van der Waals surface area contributed by atoms with Gasteiger partial charge in [-0.25, -0.2) is 4.39 Å². The molecule has 3 aromatic rings. The number of benzene rings is 2. The van der Waals surface area contributed by atoms with Crippen molar-refractivity contribution < 1.29 is 23.2 Å². The van der Waals surface area contributed by atoms with Crippen LogP contribution in [0.5, 0.6) is 0 Å². The normalized spacial score (nSPS) is 10.3. The minimum Gasteiger partial charge on any atom is -0.451 e. The molecule has 6 nitrogen and oxygen atoms in total. The molecular formula is C22H17FN2O4. The Bertz CT molecular complexity index is 1100. The number of furan rings is 1. The van der Waals surface area contributed by atoms with Gasteiger partial charge in [0.1, 0.15) is 11.6 Å². The van der Waals surface area contributed by atoms with Gasteiger partial charge in [-0.05, 0) is 43.3 Å². The summed E-state index contributed by atoms with van der Waals surface area (Å²) in [6.45, 7) is 4.78. The molecule has 0 spiro atoms. The minimum absolute atomic E-state index is 0.0426. The molecule has 0 bridgehead atoms. The molecule has 2 aromatic carbocycles. The highest BCUT2D eigenvalue weighted by Crippen LogP contribution is 2.24. The summed E-state index contributed by atoms with van der Waals surface area (Å²) in [5.41, 5.74) is 1.48. The number of hydrogen-bond acceptors (Lipinski definition) is 4. The van der Waals surface area contributed by atoms with Crippen LogP contribution in [0.25, 0.3) is 11.3 Å². The lowest BCUT2D eigenvalue weighted by atomic mass is 10.1. The first-order chi connectivity index (χ1) is 13.9. The number of nitrogens with one attached hydrogen (secondary N) is 2. The molecular weight excluding hydrogens is 375 g/mol. The number of carbonyl (C=O) groups is 3. The van der Waals surface area contributed by atoms with Crippen LogP contribution in [0.4, 0.5) is 15.8 Å². The number of rotatable bonds is 6. The fourth-order valence-electron chi connectivity index (χ4n) is 2.56. The molecule has 2 N–H and O–H groups in total. The smallest absolute Gasteiger partial charge is 0.291 e. The van der Waals surface area contributed by atoms with Crippen molar-refractivity contribution in [2.24, 2.45) is 0 Å². The molecule has 0 saturated heterocycles. The van der Waals surface area contributed by atoms with Crippen LogP contribution in [0.1, 0.15) is 27.8 Å². The van der Waals surface area contributed by atoms with Crippen molar-refractivity contribution >= 4 is 29.0 Å². The van der Waals surface area contributed by atoms with Crippen LogP contribution in [0.15, 0.2) is 71.7 Å². The number of carbonyl (C=O) groups excluding carboxylic acids is 3. The summed E-state index contributed by atoms with van der Waals surface area (Å²) >= 11 is 0. The number of halogens is 1. The summed E-state index contributed by atoms with van der Waals surface area (Å²) in [7, 11) is 0. The highest BCUT2D eigenvalue weighted by molar-refractivity contribution is 6.03. The third kappa shape index (κ3) is 4.65. The molecule has 1 aromatic heterocycles. The van der Waals surface area contributed by atoms with Crippen molar-refractivity contribution in [1.29, 1.82) is 0 Å². The Morgan fingerprint density at radius 1 is 1.00 bits per heavy atom. The predicted molar refractivity (Wildman–Crippen MR) is 107 cm³/mol. The molecule has 3 rings (SSSR count). The van der Waals surface area contributed by atoms with E-state index < -0.39 is 17.6 Å². The zero-order chi connectivity index (χ0) is 21.0. The van der Waals surface area contributed by atoms with Crippen LogP contribution in [0.2, 0.25) is 0 Å². The maximum Gasteiger partial charge on any atom is 0.291 e. The van der Waals surface area contributed by atoms with Crippen LogP contribution in [-0.2, 0) is 4.79 Å². The van der Waals surface area contributed by atoms with E-state index in [-0.39, 0.29) is 22.9 Å². The summed E-state index contributed by atoms with van der Waals surface area (Å²) < 4.78 is 19.4. The Morgan fingerprint density at radius 3 is 2.38 bits per heavy atom. The summed E-state index contributed by atoms with van der Waals surface area (Å²) in [6, 6.07) is 13.7. The quantitative estimate of drug-likeness (QED) is 0.471. The number of ketones is 1. The minimum atomic E-state index is -0.646. The Morgan fingerprint density at radius 2 is 1.72 bits per heavy atom. The summed E-state index contributed by atoms with van der Waals surface area (Å²) in [6.07, 6.45) is 1.01. The maximum absolute atomic E-state index is 13.8. The molecule has 29 heavy (non-hydrogen) atoms. The fourth-order valence-corrected chi connectivity index (χ4v) is 2.56. The molecule has 146 valence electrons. The van der Waals surface area contributed by atoms with Crippen LogP contribution in [0, 0.1) is 5.82 Å². The van der Waals surface area contributed by atoms with Crippen LogP contribution in [0.3, 0.4) is 0 Å². The highest BCUT2D eigenvalue weighted by atomic mass is 19.1. The van der Waals surface area contributed by atoms with Gasteiger partial charge >= 0.3 is 0 Å². The largest absolute Gasteiger partial charge is 0.451 e. The molecule has 2 amide bonds. The topological polar surface area (TPSA) is 88.4 Å². The molecule has 0 aliphatic carbocycles. The van der Waals surface area contributed by atoms with E-state index in [1.54, 1.807) is 30.3 Å². The second kappa shape index (κ2) is 8.35. The number of hydrogen-bond donors (Lipinski definition) is 2. The first-order valence-corrected chi connectivity index (χ1v) is 8.63. The van der Waals surface area contributed by atoms with E-state index >= 15 is 0 Å². The Balaban J connectivity index is 1.75. The van der Waals surface area contributed by atoms with Gasteiger partial charge in [-0.1, -0.05) is 30.8 Å². The fraction of sp³-hybridized carbons (Fsp3) is 0.0455. The SMILES string of the molecule is C=CC(=O)Nc1cc(NC(=O)c2ccc(-c3ccc(C(C)=O)cc3)o2)ccc1F. The number of Topliss-reactive ketones (excluding diaryl/α,β-unsaturated/α-hetero) is 1. The third-order valence-corrected chi connectivity index (χ3v) is 4.07. The first kappa shape index (κ1) is 19.8. The van der Waals surface area contributed by atoms with Crippen molar-refractivity contribution in [2.45, 2.75) is 6.92 Å². The van der Waals surface area contributed by atoms with E-state index in [4.69, 9.17) is 4.42 Å². The average Bonchev–Trinajstić information content (AvgIpc) is 3.21. The predicted octanol–water partition coefficient (Wildman–Crippen LogP) is 4.67. The first-order valence-electron chi connectivity index (χ1n) is 8.63. The van der Waals surface area contributed by atoms with Gasteiger partial charge in [0.15, 0.2) is 11.5 Å². The molecule has 0 aliphatic heterocycles. The Kier molecular flexibility index (Phi) is 5.69. The lowest BCUT2D eigenvalue weighted by molar-refractivity contribution is -0.111. The molecule has 0 saturated carbocycles. The van der Waals surface area contributed by atoms with Gasteiger partial charge < -0.3 is 15.1 Å². The average molecular weight is 392 g/mol.